The molecule has 6 heteroatoms. The summed E-state index contributed by atoms with van der Waals surface area (Å²) in [5, 5.41) is 2.63. The molecule has 0 aliphatic heterocycles. The van der Waals surface area contributed by atoms with Gasteiger partial charge in [0.05, 0.1) is 6.42 Å². The van der Waals surface area contributed by atoms with Crippen LogP contribution in [0.3, 0.4) is 0 Å². The highest BCUT2D eigenvalue weighted by molar-refractivity contribution is 5.98. The van der Waals surface area contributed by atoms with Gasteiger partial charge in [-0.15, -0.1) is 0 Å². The lowest BCUT2D eigenvalue weighted by Gasteiger charge is -2.13. The first-order chi connectivity index (χ1) is 13.9. The van der Waals surface area contributed by atoms with Crippen molar-refractivity contribution in [2.24, 2.45) is 0 Å². The highest BCUT2D eigenvalue weighted by atomic mass is 19.1. The maximum absolute atomic E-state index is 12.9. The molecule has 0 spiro atoms. The largest absolute Gasteiger partial charge is 0.453 e. The molecular weight excluding hydrogens is 373 g/mol. The molecule has 2 aromatic carbocycles. The molecule has 152 valence electrons. The van der Waals surface area contributed by atoms with Crippen LogP contribution in [-0.4, -0.2) is 23.8 Å². The van der Waals surface area contributed by atoms with E-state index in [-0.39, 0.29) is 31.0 Å². The first-order valence-electron chi connectivity index (χ1n) is 9.79. The van der Waals surface area contributed by atoms with Crippen LogP contribution in [0.25, 0.3) is 0 Å². The van der Waals surface area contributed by atoms with E-state index >= 15 is 0 Å². The number of fused-ring (bicyclic) bond motifs is 1. The summed E-state index contributed by atoms with van der Waals surface area (Å²) in [6.07, 6.45) is 2.14. The molecule has 0 heterocycles. The first kappa shape index (κ1) is 20.7. The Kier molecular flexibility index (Phi) is 6.75. The number of Topliss-reactive ketones (excluding diaryl/α,β-unsaturated/α-hetero) is 1. The number of esters is 1. The van der Waals surface area contributed by atoms with E-state index in [2.05, 4.69) is 5.32 Å². The van der Waals surface area contributed by atoms with Crippen LogP contribution < -0.4 is 5.32 Å². The van der Waals surface area contributed by atoms with Gasteiger partial charge in [-0.3, -0.25) is 14.4 Å². The number of hydrogen-bond acceptors (Lipinski definition) is 4. The fourth-order valence-corrected chi connectivity index (χ4v) is 3.35. The molecule has 3 rings (SSSR count). The molecule has 0 aromatic heterocycles. The monoisotopic (exact) mass is 397 g/mol. The summed E-state index contributed by atoms with van der Waals surface area (Å²) in [5.74, 6) is -1.50. The average molecular weight is 397 g/mol. The number of ketones is 1. The Bertz CT molecular complexity index is 908. The summed E-state index contributed by atoms with van der Waals surface area (Å²) in [6, 6.07) is 11.5. The summed E-state index contributed by atoms with van der Waals surface area (Å²) in [6.45, 7) is 1.68. The van der Waals surface area contributed by atoms with Crippen molar-refractivity contribution < 1.29 is 23.5 Å². The Balaban J connectivity index is 1.41. The van der Waals surface area contributed by atoms with Crippen LogP contribution in [0.4, 0.5) is 4.39 Å². The van der Waals surface area contributed by atoms with Gasteiger partial charge in [-0.1, -0.05) is 24.3 Å². The second kappa shape index (κ2) is 9.45. The van der Waals surface area contributed by atoms with E-state index in [1.54, 1.807) is 12.1 Å². The number of carbonyl (C=O) groups excluding carboxylic acids is 3. The van der Waals surface area contributed by atoms with E-state index in [1.807, 2.05) is 18.2 Å². The van der Waals surface area contributed by atoms with Gasteiger partial charge in [0.15, 0.2) is 11.9 Å². The van der Waals surface area contributed by atoms with Gasteiger partial charge < -0.3 is 10.1 Å². The molecule has 0 saturated heterocycles. The van der Waals surface area contributed by atoms with Gasteiger partial charge in [-0.05, 0) is 61.1 Å². The summed E-state index contributed by atoms with van der Waals surface area (Å²) in [7, 11) is 0. The van der Waals surface area contributed by atoms with Crippen molar-refractivity contribution >= 4 is 17.7 Å². The zero-order valence-electron chi connectivity index (χ0n) is 16.4. The molecule has 1 amide bonds. The molecule has 29 heavy (non-hydrogen) atoms. The van der Waals surface area contributed by atoms with E-state index in [4.69, 9.17) is 4.74 Å². The van der Waals surface area contributed by atoms with Crippen LogP contribution in [0.1, 0.15) is 53.2 Å². The molecule has 0 radical (unpaired) electrons. The maximum Gasteiger partial charge on any atom is 0.307 e. The highest BCUT2D eigenvalue weighted by Crippen LogP contribution is 2.23. The minimum atomic E-state index is -0.974. The van der Waals surface area contributed by atoms with Crippen LogP contribution in [0.2, 0.25) is 0 Å². The van der Waals surface area contributed by atoms with E-state index in [9.17, 15) is 18.8 Å². The molecule has 0 fully saturated rings. The van der Waals surface area contributed by atoms with Gasteiger partial charge in [0.25, 0.3) is 5.91 Å². The van der Waals surface area contributed by atoms with E-state index in [1.165, 1.54) is 30.2 Å². The summed E-state index contributed by atoms with van der Waals surface area (Å²) in [5.41, 5.74) is 3.85. The Morgan fingerprint density at radius 3 is 2.52 bits per heavy atom. The fraction of sp³-hybridized carbons (Fsp3) is 0.348. The number of nitrogens with one attached hydrogen (secondary N) is 1. The lowest BCUT2D eigenvalue weighted by atomic mass is 10.0. The van der Waals surface area contributed by atoms with Crippen molar-refractivity contribution in [3.05, 3.63) is 70.5 Å². The molecule has 1 aliphatic rings. The van der Waals surface area contributed by atoms with Crippen molar-refractivity contribution in [1.82, 2.24) is 5.32 Å². The minimum Gasteiger partial charge on any atom is -0.453 e. The standard InChI is InChI=1S/C23H24FNO4/c1-15(23(28)25-14-16-5-9-20(24)10-6-16)29-22(27)12-11-21(26)19-8-7-17-3-2-4-18(17)13-19/h5-10,13,15H,2-4,11-12,14H2,1H3,(H,25,28). The highest BCUT2D eigenvalue weighted by Gasteiger charge is 2.19. The van der Waals surface area contributed by atoms with E-state index in [0.29, 0.717) is 5.56 Å². The molecule has 0 bridgehead atoms. The quantitative estimate of drug-likeness (QED) is 0.546. The first-order valence-corrected chi connectivity index (χ1v) is 9.79. The molecule has 1 aliphatic carbocycles. The average Bonchev–Trinajstić information content (AvgIpc) is 3.19. The lowest BCUT2D eigenvalue weighted by Crippen LogP contribution is -2.35. The molecule has 1 unspecified atom stereocenters. The van der Waals surface area contributed by atoms with Gasteiger partial charge >= 0.3 is 5.97 Å². The summed E-state index contributed by atoms with van der Waals surface area (Å²) in [4.78, 5) is 36.4. The number of carbonyl (C=O) groups is 3. The Morgan fingerprint density at radius 2 is 1.76 bits per heavy atom. The molecule has 1 N–H and O–H groups in total. The number of benzene rings is 2. The summed E-state index contributed by atoms with van der Waals surface area (Å²) < 4.78 is 18.0. The topological polar surface area (TPSA) is 72.5 Å². The van der Waals surface area contributed by atoms with Crippen LogP contribution in [0.5, 0.6) is 0 Å². The van der Waals surface area contributed by atoms with Crippen LogP contribution in [0, 0.1) is 5.82 Å². The van der Waals surface area contributed by atoms with E-state index < -0.39 is 18.0 Å². The molecule has 0 saturated carbocycles. The number of amides is 1. The number of hydrogen-bond donors (Lipinski definition) is 1. The lowest BCUT2D eigenvalue weighted by molar-refractivity contribution is -0.154. The maximum atomic E-state index is 12.9. The van der Waals surface area contributed by atoms with Gasteiger partial charge in [0.2, 0.25) is 0 Å². The zero-order valence-corrected chi connectivity index (χ0v) is 16.4. The van der Waals surface area contributed by atoms with Gasteiger partial charge in [-0.2, -0.15) is 0 Å². The van der Waals surface area contributed by atoms with Crippen molar-refractivity contribution in [3.63, 3.8) is 0 Å². The third kappa shape index (κ3) is 5.73. The molecular formula is C23H24FNO4. The Labute approximate surface area is 169 Å². The van der Waals surface area contributed by atoms with Crippen molar-refractivity contribution in [1.29, 1.82) is 0 Å². The smallest absolute Gasteiger partial charge is 0.307 e. The van der Waals surface area contributed by atoms with E-state index in [0.717, 1.165) is 24.8 Å². The zero-order chi connectivity index (χ0) is 20.8. The predicted octanol–water partition coefficient (Wildman–Crippen LogP) is 3.53. The normalized spacial score (nSPS) is 13.4. The number of ether oxygens (including phenoxy) is 1. The third-order valence-corrected chi connectivity index (χ3v) is 5.03. The van der Waals surface area contributed by atoms with Crippen LogP contribution in [0.15, 0.2) is 42.5 Å². The van der Waals surface area contributed by atoms with Gasteiger partial charge in [-0.25, -0.2) is 4.39 Å². The Morgan fingerprint density at radius 1 is 1.03 bits per heavy atom. The molecule has 1 atom stereocenters. The Hall–Kier alpha value is -3.02. The van der Waals surface area contributed by atoms with Gasteiger partial charge in [0.1, 0.15) is 5.82 Å². The third-order valence-electron chi connectivity index (χ3n) is 5.03. The van der Waals surface area contributed by atoms with Crippen molar-refractivity contribution in [3.8, 4) is 0 Å². The second-order valence-electron chi connectivity index (χ2n) is 7.24. The molecule has 2 aromatic rings. The van der Waals surface area contributed by atoms with Crippen molar-refractivity contribution in [2.75, 3.05) is 0 Å². The van der Waals surface area contributed by atoms with Crippen LogP contribution >= 0.6 is 0 Å². The second-order valence-corrected chi connectivity index (χ2v) is 7.24. The number of rotatable bonds is 8. The predicted molar refractivity (Wildman–Crippen MR) is 106 cm³/mol. The molecule has 5 nitrogen and oxygen atoms in total. The SMILES string of the molecule is CC(OC(=O)CCC(=O)c1ccc2c(c1)CCC2)C(=O)NCc1ccc(F)cc1. The minimum absolute atomic E-state index is 0.0432. The number of halogens is 1. The van der Waals surface area contributed by atoms with Crippen molar-refractivity contribution in [2.45, 2.75) is 51.7 Å². The van der Waals surface area contributed by atoms with Gasteiger partial charge in [0, 0.05) is 18.5 Å². The summed E-state index contributed by atoms with van der Waals surface area (Å²) >= 11 is 0. The number of aryl methyl sites for hydroxylation is 2. The van der Waals surface area contributed by atoms with Crippen LogP contribution in [-0.2, 0) is 33.7 Å². The fourth-order valence-electron chi connectivity index (χ4n) is 3.35.